The standard InChI is InChI=1S/C13H8Cl2N2/c14-10-3-1-9(2-4-10)13-7-12-6-5-11(15)8-17(12)16-13/h1-8H. The summed E-state index contributed by atoms with van der Waals surface area (Å²) in [6.07, 6.45) is 1.79. The summed E-state index contributed by atoms with van der Waals surface area (Å²) < 4.78 is 1.77. The lowest BCUT2D eigenvalue weighted by Crippen LogP contribution is -1.86. The van der Waals surface area contributed by atoms with Gasteiger partial charge in [-0.2, -0.15) is 5.10 Å². The van der Waals surface area contributed by atoms with Crippen molar-refractivity contribution in [3.8, 4) is 11.3 Å². The summed E-state index contributed by atoms with van der Waals surface area (Å²) in [5, 5.41) is 5.86. The van der Waals surface area contributed by atoms with E-state index >= 15 is 0 Å². The Labute approximate surface area is 108 Å². The molecule has 0 aliphatic carbocycles. The predicted octanol–water partition coefficient (Wildman–Crippen LogP) is 4.31. The molecule has 0 aliphatic heterocycles. The van der Waals surface area contributed by atoms with Crippen LogP contribution in [-0.2, 0) is 0 Å². The maximum atomic E-state index is 5.92. The van der Waals surface area contributed by atoms with Gasteiger partial charge in [-0.3, -0.25) is 0 Å². The largest absolute Gasteiger partial charge is 0.239 e. The highest BCUT2D eigenvalue weighted by molar-refractivity contribution is 6.30. The highest BCUT2D eigenvalue weighted by atomic mass is 35.5. The molecule has 3 aromatic rings. The van der Waals surface area contributed by atoms with E-state index in [0.29, 0.717) is 5.02 Å². The van der Waals surface area contributed by atoms with Gasteiger partial charge in [0.2, 0.25) is 0 Å². The fourth-order valence-electron chi connectivity index (χ4n) is 1.72. The van der Waals surface area contributed by atoms with E-state index in [2.05, 4.69) is 5.10 Å². The summed E-state index contributed by atoms with van der Waals surface area (Å²) in [6, 6.07) is 13.4. The maximum absolute atomic E-state index is 5.92. The molecule has 0 radical (unpaired) electrons. The minimum absolute atomic E-state index is 0.670. The second-order valence-corrected chi connectivity index (χ2v) is 4.63. The van der Waals surface area contributed by atoms with Crippen LogP contribution in [0.25, 0.3) is 16.8 Å². The fourth-order valence-corrected chi connectivity index (χ4v) is 2.00. The van der Waals surface area contributed by atoms with Crippen LogP contribution >= 0.6 is 23.2 Å². The van der Waals surface area contributed by atoms with Crippen LogP contribution in [0.3, 0.4) is 0 Å². The van der Waals surface area contributed by atoms with Crippen molar-refractivity contribution < 1.29 is 0 Å². The van der Waals surface area contributed by atoms with Gasteiger partial charge in [0.1, 0.15) is 0 Å². The Morgan fingerprint density at radius 3 is 2.35 bits per heavy atom. The SMILES string of the molecule is Clc1ccc(-c2cc3ccc(Cl)cn3n2)cc1. The zero-order chi connectivity index (χ0) is 11.8. The predicted molar refractivity (Wildman–Crippen MR) is 70.6 cm³/mol. The molecule has 84 valence electrons. The lowest BCUT2D eigenvalue weighted by Gasteiger charge is -1.95. The van der Waals surface area contributed by atoms with E-state index in [-0.39, 0.29) is 0 Å². The van der Waals surface area contributed by atoms with Gasteiger partial charge < -0.3 is 0 Å². The molecule has 2 aromatic heterocycles. The highest BCUT2D eigenvalue weighted by Gasteiger charge is 2.04. The number of pyridine rings is 1. The number of hydrogen-bond acceptors (Lipinski definition) is 1. The third-order valence-electron chi connectivity index (χ3n) is 2.56. The van der Waals surface area contributed by atoms with Gasteiger partial charge in [0.05, 0.1) is 16.2 Å². The average molecular weight is 263 g/mol. The number of rotatable bonds is 1. The van der Waals surface area contributed by atoms with Crippen molar-refractivity contribution in [1.29, 1.82) is 0 Å². The van der Waals surface area contributed by atoms with E-state index in [0.717, 1.165) is 21.8 Å². The van der Waals surface area contributed by atoms with Crippen molar-refractivity contribution in [3.63, 3.8) is 0 Å². The first-order chi connectivity index (χ1) is 8.22. The van der Waals surface area contributed by atoms with E-state index in [1.54, 1.807) is 10.7 Å². The summed E-state index contributed by atoms with van der Waals surface area (Å²) in [4.78, 5) is 0. The Balaban J connectivity index is 2.14. The maximum Gasteiger partial charge on any atom is 0.0933 e. The molecular weight excluding hydrogens is 255 g/mol. The molecule has 0 aliphatic rings. The minimum atomic E-state index is 0.670. The molecule has 0 fully saturated rings. The fraction of sp³-hybridized carbons (Fsp3) is 0. The molecule has 1 aromatic carbocycles. The Bertz CT molecular complexity index is 671. The first-order valence-electron chi connectivity index (χ1n) is 5.13. The zero-order valence-electron chi connectivity index (χ0n) is 8.77. The molecule has 0 bridgehead atoms. The molecule has 0 atom stereocenters. The lowest BCUT2D eigenvalue weighted by molar-refractivity contribution is 0.966. The van der Waals surface area contributed by atoms with Gasteiger partial charge in [-0.05, 0) is 30.3 Å². The first-order valence-corrected chi connectivity index (χ1v) is 5.89. The Morgan fingerprint density at radius 1 is 0.882 bits per heavy atom. The second kappa shape index (κ2) is 4.06. The molecule has 0 amide bonds. The van der Waals surface area contributed by atoms with Gasteiger partial charge >= 0.3 is 0 Å². The zero-order valence-corrected chi connectivity index (χ0v) is 10.3. The van der Waals surface area contributed by atoms with Crippen molar-refractivity contribution in [2.24, 2.45) is 0 Å². The second-order valence-electron chi connectivity index (χ2n) is 3.75. The van der Waals surface area contributed by atoms with Crippen LogP contribution in [0.5, 0.6) is 0 Å². The number of benzene rings is 1. The van der Waals surface area contributed by atoms with Gasteiger partial charge in [-0.1, -0.05) is 35.3 Å². The Morgan fingerprint density at radius 2 is 1.59 bits per heavy atom. The summed E-state index contributed by atoms with van der Waals surface area (Å²) in [5.41, 5.74) is 2.96. The van der Waals surface area contributed by atoms with Gasteiger partial charge in [-0.15, -0.1) is 0 Å². The van der Waals surface area contributed by atoms with E-state index in [1.807, 2.05) is 42.5 Å². The topological polar surface area (TPSA) is 17.3 Å². The van der Waals surface area contributed by atoms with Crippen molar-refractivity contribution in [2.45, 2.75) is 0 Å². The van der Waals surface area contributed by atoms with Crippen molar-refractivity contribution in [2.75, 3.05) is 0 Å². The molecule has 2 nitrogen and oxygen atoms in total. The van der Waals surface area contributed by atoms with Crippen LogP contribution in [0.15, 0.2) is 48.7 Å². The van der Waals surface area contributed by atoms with Crippen LogP contribution in [0.2, 0.25) is 10.0 Å². The molecular formula is C13H8Cl2N2. The van der Waals surface area contributed by atoms with E-state index in [9.17, 15) is 0 Å². The van der Waals surface area contributed by atoms with Crippen LogP contribution in [0.1, 0.15) is 0 Å². The monoisotopic (exact) mass is 262 g/mol. The normalized spacial score (nSPS) is 10.9. The van der Waals surface area contributed by atoms with Crippen LogP contribution in [-0.4, -0.2) is 9.61 Å². The Hall–Kier alpha value is -1.51. The summed E-state index contributed by atoms with van der Waals surface area (Å²) >= 11 is 11.8. The number of halogens is 2. The Kier molecular flexibility index (Phi) is 2.54. The third-order valence-corrected chi connectivity index (χ3v) is 3.04. The van der Waals surface area contributed by atoms with Crippen molar-refractivity contribution in [3.05, 3.63) is 58.7 Å². The number of fused-ring (bicyclic) bond motifs is 1. The molecule has 0 spiro atoms. The molecule has 0 unspecified atom stereocenters. The van der Waals surface area contributed by atoms with Crippen LogP contribution in [0, 0.1) is 0 Å². The van der Waals surface area contributed by atoms with E-state index in [4.69, 9.17) is 23.2 Å². The molecule has 17 heavy (non-hydrogen) atoms. The molecule has 3 rings (SSSR count). The van der Waals surface area contributed by atoms with Gasteiger partial charge in [0, 0.05) is 16.8 Å². The number of aromatic nitrogens is 2. The van der Waals surface area contributed by atoms with E-state index < -0.39 is 0 Å². The molecule has 0 N–H and O–H groups in total. The number of hydrogen-bond donors (Lipinski definition) is 0. The van der Waals surface area contributed by atoms with Crippen LogP contribution < -0.4 is 0 Å². The third kappa shape index (κ3) is 2.02. The van der Waals surface area contributed by atoms with Gasteiger partial charge in [-0.25, -0.2) is 4.52 Å². The van der Waals surface area contributed by atoms with Crippen molar-refractivity contribution >= 4 is 28.7 Å². The summed E-state index contributed by atoms with van der Waals surface area (Å²) in [7, 11) is 0. The molecule has 0 saturated heterocycles. The quantitative estimate of drug-likeness (QED) is 0.639. The summed E-state index contributed by atoms with van der Waals surface area (Å²) in [6.45, 7) is 0. The van der Waals surface area contributed by atoms with Gasteiger partial charge in [0.25, 0.3) is 0 Å². The molecule has 2 heterocycles. The van der Waals surface area contributed by atoms with Crippen LogP contribution in [0.4, 0.5) is 0 Å². The lowest BCUT2D eigenvalue weighted by atomic mass is 10.1. The van der Waals surface area contributed by atoms with Gasteiger partial charge in [0.15, 0.2) is 0 Å². The first kappa shape index (κ1) is 10.6. The van der Waals surface area contributed by atoms with Crippen molar-refractivity contribution in [1.82, 2.24) is 9.61 Å². The smallest absolute Gasteiger partial charge is 0.0933 e. The molecule has 0 saturated carbocycles. The number of nitrogens with zero attached hydrogens (tertiary/aromatic N) is 2. The highest BCUT2D eigenvalue weighted by Crippen LogP contribution is 2.22. The molecule has 4 heteroatoms. The average Bonchev–Trinajstić information content (AvgIpc) is 2.72. The van der Waals surface area contributed by atoms with E-state index in [1.165, 1.54) is 0 Å². The minimum Gasteiger partial charge on any atom is -0.239 e. The summed E-state index contributed by atoms with van der Waals surface area (Å²) in [5.74, 6) is 0.